The molecule has 7 nitrogen and oxygen atoms in total. The van der Waals surface area contributed by atoms with Crippen molar-refractivity contribution in [3.8, 4) is 0 Å². The van der Waals surface area contributed by atoms with E-state index in [0.29, 0.717) is 0 Å². The van der Waals surface area contributed by atoms with Gasteiger partial charge in [-0.3, -0.25) is 14.4 Å². The number of rotatable bonds is 5. The zero-order valence-electron chi connectivity index (χ0n) is 8.54. The minimum Gasteiger partial charge on any atom is -0.481 e. The molecule has 1 atom stereocenters. The number of aromatic amines is 1. The lowest BCUT2D eigenvalue weighted by atomic mass is 9.92. The molecule has 1 unspecified atom stereocenters. The van der Waals surface area contributed by atoms with E-state index in [1.807, 2.05) is 0 Å². The van der Waals surface area contributed by atoms with Crippen LogP contribution in [0.25, 0.3) is 0 Å². The van der Waals surface area contributed by atoms with E-state index in [4.69, 9.17) is 10.2 Å². The number of nitrogens with one attached hydrogen (secondary N) is 1. The van der Waals surface area contributed by atoms with Gasteiger partial charge in [-0.15, -0.1) is 0 Å². The smallest absolute Gasteiger partial charge is 0.372 e. The number of Topliss-reactive ketones (excluding diaryl/α,β-unsaturated/α-hetero) is 1. The van der Waals surface area contributed by atoms with E-state index in [2.05, 4.69) is 4.98 Å². The van der Waals surface area contributed by atoms with Gasteiger partial charge in [-0.2, -0.15) is 0 Å². The summed E-state index contributed by atoms with van der Waals surface area (Å²) in [5.41, 5.74) is -0.459. The van der Waals surface area contributed by atoms with E-state index >= 15 is 0 Å². The van der Waals surface area contributed by atoms with Crippen molar-refractivity contribution in [2.24, 2.45) is 0 Å². The van der Waals surface area contributed by atoms with Crippen molar-refractivity contribution in [2.45, 2.75) is 12.3 Å². The number of carbonyl (C=O) groups excluding carboxylic acids is 1. The number of aromatic nitrogens is 1. The van der Waals surface area contributed by atoms with Gasteiger partial charge in [-0.1, -0.05) is 0 Å². The van der Waals surface area contributed by atoms with Crippen molar-refractivity contribution in [3.63, 3.8) is 0 Å². The van der Waals surface area contributed by atoms with E-state index < -0.39 is 35.6 Å². The Morgan fingerprint density at radius 3 is 2.41 bits per heavy atom. The number of pyridine rings is 1. The second kappa shape index (κ2) is 5.06. The van der Waals surface area contributed by atoms with Gasteiger partial charge in [-0.25, -0.2) is 4.79 Å². The molecule has 90 valence electrons. The van der Waals surface area contributed by atoms with E-state index in [1.165, 1.54) is 12.3 Å². The third kappa shape index (κ3) is 3.26. The molecule has 0 amide bonds. The molecule has 1 heterocycles. The quantitative estimate of drug-likeness (QED) is 0.599. The van der Waals surface area contributed by atoms with Gasteiger partial charge in [0.1, 0.15) is 0 Å². The monoisotopic (exact) mass is 239 g/mol. The van der Waals surface area contributed by atoms with E-state index in [0.717, 1.165) is 6.07 Å². The Hall–Kier alpha value is -2.44. The van der Waals surface area contributed by atoms with E-state index in [9.17, 15) is 19.2 Å². The molecule has 0 aliphatic carbocycles. The summed E-state index contributed by atoms with van der Waals surface area (Å²) < 4.78 is 0. The van der Waals surface area contributed by atoms with Crippen LogP contribution < -0.4 is 5.56 Å². The predicted octanol–water partition coefficient (Wildman–Crippen LogP) is -0.413. The van der Waals surface area contributed by atoms with Gasteiger partial charge in [0.05, 0.1) is 12.3 Å². The molecule has 0 fully saturated rings. The van der Waals surface area contributed by atoms with Crippen molar-refractivity contribution in [2.75, 3.05) is 0 Å². The van der Waals surface area contributed by atoms with Crippen LogP contribution in [0.4, 0.5) is 0 Å². The summed E-state index contributed by atoms with van der Waals surface area (Å²) in [6.45, 7) is 0. The molecule has 0 aliphatic rings. The highest BCUT2D eigenvalue weighted by atomic mass is 16.4. The number of hydrogen-bond donors (Lipinski definition) is 3. The van der Waals surface area contributed by atoms with Gasteiger partial charge in [0.2, 0.25) is 11.3 Å². The number of carboxylic acid groups (broad SMARTS) is 2. The number of ketones is 1. The second-order valence-electron chi connectivity index (χ2n) is 3.31. The summed E-state index contributed by atoms with van der Waals surface area (Å²) in [6.07, 6.45) is 0.552. The molecule has 7 heteroatoms. The first-order valence-electron chi connectivity index (χ1n) is 4.59. The number of aliphatic carboxylic acids is 2. The highest BCUT2D eigenvalue weighted by Crippen LogP contribution is 2.19. The van der Waals surface area contributed by atoms with Crippen molar-refractivity contribution in [3.05, 3.63) is 34.2 Å². The highest BCUT2D eigenvalue weighted by molar-refractivity contribution is 6.35. The van der Waals surface area contributed by atoms with Crippen molar-refractivity contribution >= 4 is 17.7 Å². The average Bonchev–Trinajstić information content (AvgIpc) is 2.24. The van der Waals surface area contributed by atoms with Crippen LogP contribution in [0.1, 0.15) is 17.9 Å². The van der Waals surface area contributed by atoms with Crippen molar-refractivity contribution < 1.29 is 24.6 Å². The van der Waals surface area contributed by atoms with Gasteiger partial charge in [-0.05, 0) is 11.6 Å². The molecule has 0 spiro atoms. The number of carboxylic acids is 2. The van der Waals surface area contributed by atoms with Crippen molar-refractivity contribution in [1.82, 2.24) is 4.98 Å². The molecule has 0 aliphatic heterocycles. The maximum atomic E-state index is 11.3. The molecule has 0 aromatic carbocycles. The minimum absolute atomic E-state index is 0.0727. The Kier molecular flexibility index (Phi) is 3.76. The lowest BCUT2D eigenvalue weighted by molar-refractivity contribution is -0.150. The van der Waals surface area contributed by atoms with Crippen LogP contribution >= 0.6 is 0 Å². The number of H-pyrrole nitrogens is 1. The van der Waals surface area contributed by atoms with Crippen LogP contribution in [-0.2, 0) is 14.4 Å². The zero-order chi connectivity index (χ0) is 13.0. The highest BCUT2D eigenvalue weighted by Gasteiger charge is 2.28. The molecule has 17 heavy (non-hydrogen) atoms. The van der Waals surface area contributed by atoms with Crippen LogP contribution in [0.15, 0.2) is 23.1 Å². The molecule has 1 aromatic rings. The molecule has 1 rings (SSSR count). The molecule has 0 saturated heterocycles. The fourth-order valence-electron chi connectivity index (χ4n) is 1.36. The Labute approximate surface area is 94.7 Å². The lowest BCUT2D eigenvalue weighted by Crippen LogP contribution is -2.25. The third-order valence-corrected chi connectivity index (χ3v) is 2.11. The van der Waals surface area contributed by atoms with Crippen LogP contribution in [0, 0.1) is 0 Å². The third-order valence-electron chi connectivity index (χ3n) is 2.11. The standard InChI is InChI=1S/C10H9NO6/c12-7-3-5(1-2-11-7)6(4-8(13)14)9(15)10(16)17/h1-3,6H,4H2,(H,11,12)(H,13,14)(H,16,17). The second-order valence-corrected chi connectivity index (χ2v) is 3.31. The van der Waals surface area contributed by atoms with Crippen LogP contribution in [0.5, 0.6) is 0 Å². The summed E-state index contributed by atoms with van der Waals surface area (Å²) in [5.74, 6) is -5.65. The van der Waals surface area contributed by atoms with Gasteiger partial charge >= 0.3 is 11.9 Å². The number of carbonyl (C=O) groups is 3. The first-order valence-corrected chi connectivity index (χ1v) is 4.59. The Morgan fingerprint density at radius 1 is 1.29 bits per heavy atom. The molecule has 0 saturated carbocycles. The minimum atomic E-state index is -1.73. The SMILES string of the molecule is O=C(O)CC(C(=O)C(=O)O)c1cc[nH]c(=O)c1. The van der Waals surface area contributed by atoms with Crippen LogP contribution in [-0.4, -0.2) is 32.9 Å². The van der Waals surface area contributed by atoms with Gasteiger partial charge in [0.25, 0.3) is 0 Å². The molecular weight excluding hydrogens is 230 g/mol. The Morgan fingerprint density at radius 2 is 1.94 bits per heavy atom. The molecule has 0 radical (unpaired) electrons. The normalized spacial score (nSPS) is 11.8. The predicted molar refractivity (Wildman–Crippen MR) is 54.7 cm³/mol. The summed E-state index contributed by atoms with van der Waals surface area (Å²) in [6, 6.07) is 2.31. The summed E-state index contributed by atoms with van der Waals surface area (Å²) in [7, 11) is 0. The molecular formula is C10H9NO6. The Bertz CT molecular complexity index is 518. The Balaban J connectivity index is 3.14. The fourth-order valence-corrected chi connectivity index (χ4v) is 1.36. The van der Waals surface area contributed by atoms with E-state index in [-0.39, 0.29) is 5.56 Å². The van der Waals surface area contributed by atoms with Crippen LogP contribution in [0.3, 0.4) is 0 Å². The average molecular weight is 239 g/mol. The first-order chi connectivity index (χ1) is 7.91. The summed E-state index contributed by atoms with van der Waals surface area (Å²) >= 11 is 0. The zero-order valence-corrected chi connectivity index (χ0v) is 8.54. The maximum absolute atomic E-state index is 11.3. The summed E-state index contributed by atoms with van der Waals surface area (Å²) in [4.78, 5) is 45.7. The fraction of sp³-hybridized carbons (Fsp3) is 0.200. The first kappa shape index (κ1) is 12.6. The topological polar surface area (TPSA) is 125 Å². The van der Waals surface area contributed by atoms with Gasteiger partial charge in [0, 0.05) is 12.3 Å². The largest absolute Gasteiger partial charge is 0.481 e. The molecule has 3 N–H and O–H groups in total. The van der Waals surface area contributed by atoms with Crippen LogP contribution in [0.2, 0.25) is 0 Å². The maximum Gasteiger partial charge on any atom is 0.372 e. The van der Waals surface area contributed by atoms with Crippen molar-refractivity contribution in [1.29, 1.82) is 0 Å². The van der Waals surface area contributed by atoms with Gasteiger partial charge in [0.15, 0.2) is 0 Å². The molecule has 0 bridgehead atoms. The summed E-state index contributed by atoms with van der Waals surface area (Å²) in [5, 5.41) is 17.2. The molecule has 1 aromatic heterocycles. The van der Waals surface area contributed by atoms with E-state index in [1.54, 1.807) is 0 Å². The lowest BCUT2D eigenvalue weighted by Gasteiger charge is -2.10. The van der Waals surface area contributed by atoms with Gasteiger partial charge < -0.3 is 15.2 Å². The number of hydrogen-bond acceptors (Lipinski definition) is 4.